The first-order chi connectivity index (χ1) is 18.6. The third kappa shape index (κ3) is 7.25. The van der Waals surface area contributed by atoms with Crippen molar-refractivity contribution in [2.45, 2.75) is 49.4 Å². The fourth-order valence-electron chi connectivity index (χ4n) is 4.76. The summed E-state index contributed by atoms with van der Waals surface area (Å²) in [7, 11) is 0. The smallest absolute Gasteiger partial charge is 0.407 e. The standard InChI is InChI=1S/C27H35ClN6O3S2/c1-27(2,3)37-26(35)30-17-21-9-8-20(38-21)16-29-24-23-22(10-15-39(23)36)31-25(32-24)34-13-11-33(12-14-34)19-6-4-18(28)5-7-19/h4-7,9,20H,8,10-17H2,1-3H3,(H,30,35)(H,29,31,32). The number of alkyl carbamates (subject to hydrolysis) is 1. The number of aryl methyl sites for hydroxylation is 1. The SMILES string of the molecule is CC(C)(C)OC(=O)NCC1=CCC(CNc2nc(N3CCN(c4ccc(Cl)cc4)CC3)nc3c2[S+]([O-])CC3)S1. The molecule has 2 N–H and O–H groups in total. The van der Waals surface area contributed by atoms with Gasteiger partial charge in [0.1, 0.15) is 17.0 Å². The number of hydrogen-bond acceptors (Lipinski definition) is 9. The van der Waals surface area contributed by atoms with E-state index in [1.54, 1.807) is 11.8 Å². The van der Waals surface area contributed by atoms with Gasteiger partial charge in [-0.05, 0) is 62.6 Å². The first-order valence-electron chi connectivity index (χ1n) is 13.3. The molecule has 2 atom stereocenters. The normalized spacial score (nSPS) is 21.0. The van der Waals surface area contributed by atoms with Gasteiger partial charge in [0.2, 0.25) is 10.8 Å². The number of fused-ring (bicyclic) bond motifs is 1. The second-order valence-corrected chi connectivity index (χ2v) is 14.2. The van der Waals surface area contributed by atoms with Crippen LogP contribution in [0.25, 0.3) is 0 Å². The molecule has 0 radical (unpaired) electrons. The summed E-state index contributed by atoms with van der Waals surface area (Å²) < 4.78 is 18.1. The summed E-state index contributed by atoms with van der Waals surface area (Å²) in [5.74, 6) is 1.98. The minimum Gasteiger partial charge on any atom is -0.611 e. The highest BCUT2D eigenvalue weighted by molar-refractivity contribution is 8.04. The predicted octanol–water partition coefficient (Wildman–Crippen LogP) is 4.45. The summed E-state index contributed by atoms with van der Waals surface area (Å²) in [5, 5.41) is 7.36. The van der Waals surface area contributed by atoms with E-state index in [0.29, 0.717) is 42.3 Å². The fraction of sp³-hybridized carbons (Fsp3) is 0.519. The van der Waals surface area contributed by atoms with Crippen molar-refractivity contribution in [3.63, 3.8) is 0 Å². The number of carbonyl (C=O) groups excluding carboxylic acids is 1. The van der Waals surface area contributed by atoms with E-state index in [9.17, 15) is 9.35 Å². The molecule has 1 saturated heterocycles. The quantitative estimate of drug-likeness (QED) is 0.453. The topological polar surface area (TPSA) is 106 Å². The van der Waals surface area contributed by atoms with E-state index >= 15 is 0 Å². The third-order valence-corrected chi connectivity index (χ3v) is 9.68. The van der Waals surface area contributed by atoms with Gasteiger partial charge >= 0.3 is 6.09 Å². The number of nitrogens with one attached hydrogen (secondary N) is 2. The van der Waals surface area contributed by atoms with Crippen molar-refractivity contribution in [3.05, 3.63) is 46.0 Å². The highest BCUT2D eigenvalue weighted by atomic mass is 35.5. The van der Waals surface area contributed by atoms with E-state index < -0.39 is 22.9 Å². The summed E-state index contributed by atoms with van der Waals surface area (Å²) in [6.07, 6.45) is 3.34. The van der Waals surface area contributed by atoms with Crippen LogP contribution in [0.4, 0.5) is 22.2 Å². The van der Waals surface area contributed by atoms with Gasteiger partial charge in [-0.1, -0.05) is 17.7 Å². The van der Waals surface area contributed by atoms with E-state index in [1.165, 1.54) is 0 Å². The molecule has 0 bridgehead atoms. The molecule has 39 heavy (non-hydrogen) atoms. The minimum absolute atomic E-state index is 0.298. The molecule has 4 heterocycles. The lowest BCUT2D eigenvalue weighted by molar-refractivity contribution is 0.0533. The fourth-order valence-corrected chi connectivity index (χ4v) is 7.35. The molecule has 2 aromatic rings. The van der Waals surface area contributed by atoms with Crippen molar-refractivity contribution in [1.82, 2.24) is 15.3 Å². The largest absolute Gasteiger partial charge is 0.611 e. The highest BCUT2D eigenvalue weighted by Crippen LogP contribution is 2.35. The van der Waals surface area contributed by atoms with Gasteiger partial charge in [-0.15, -0.1) is 11.8 Å². The van der Waals surface area contributed by atoms with E-state index in [1.807, 2.05) is 32.9 Å². The average molecular weight is 591 g/mol. The van der Waals surface area contributed by atoms with E-state index in [4.69, 9.17) is 26.3 Å². The highest BCUT2D eigenvalue weighted by Gasteiger charge is 2.33. The van der Waals surface area contributed by atoms with Crippen molar-refractivity contribution in [1.29, 1.82) is 0 Å². The van der Waals surface area contributed by atoms with Crippen LogP contribution in [0.3, 0.4) is 0 Å². The molecule has 0 aliphatic carbocycles. The summed E-state index contributed by atoms with van der Waals surface area (Å²) in [5.41, 5.74) is 1.53. The maximum atomic E-state index is 12.8. The van der Waals surface area contributed by atoms with Crippen LogP contribution in [0.1, 0.15) is 32.9 Å². The molecule has 1 aromatic heterocycles. The van der Waals surface area contributed by atoms with Crippen LogP contribution in [0.15, 0.2) is 40.1 Å². The van der Waals surface area contributed by atoms with Gasteiger partial charge in [-0.25, -0.2) is 9.78 Å². The number of allylic oxidation sites excluding steroid dienone is 1. The molecule has 1 fully saturated rings. The number of thioether (sulfide) groups is 1. The molecule has 12 heteroatoms. The number of halogens is 1. The second kappa shape index (κ2) is 12.0. The summed E-state index contributed by atoms with van der Waals surface area (Å²) in [6, 6.07) is 7.94. The number of rotatable bonds is 7. The summed E-state index contributed by atoms with van der Waals surface area (Å²) in [4.78, 5) is 28.1. The molecule has 210 valence electrons. The summed E-state index contributed by atoms with van der Waals surface area (Å²) in [6.45, 7) is 10.0. The number of amides is 1. The monoisotopic (exact) mass is 590 g/mol. The number of carbonyl (C=O) groups is 1. The number of ether oxygens (including phenoxy) is 1. The van der Waals surface area contributed by atoms with Crippen LogP contribution in [0.2, 0.25) is 5.02 Å². The molecule has 0 spiro atoms. The lowest BCUT2D eigenvalue weighted by atomic mass is 10.2. The Morgan fingerprint density at radius 1 is 1.18 bits per heavy atom. The van der Waals surface area contributed by atoms with Crippen molar-refractivity contribution in [2.75, 3.05) is 60.1 Å². The maximum Gasteiger partial charge on any atom is 0.407 e. The van der Waals surface area contributed by atoms with Crippen LogP contribution in [-0.4, -0.2) is 76.5 Å². The lowest BCUT2D eigenvalue weighted by Gasteiger charge is -2.36. The van der Waals surface area contributed by atoms with Crippen molar-refractivity contribution in [3.8, 4) is 0 Å². The van der Waals surface area contributed by atoms with Gasteiger partial charge < -0.3 is 29.7 Å². The first kappa shape index (κ1) is 28.2. The number of benzene rings is 1. The maximum absolute atomic E-state index is 12.8. The average Bonchev–Trinajstić information content (AvgIpc) is 3.52. The Bertz CT molecular complexity index is 1220. The zero-order valence-electron chi connectivity index (χ0n) is 22.5. The Kier molecular flexibility index (Phi) is 8.70. The van der Waals surface area contributed by atoms with Crippen molar-refractivity contribution >= 4 is 58.1 Å². The lowest BCUT2D eigenvalue weighted by Crippen LogP contribution is -2.47. The van der Waals surface area contributed by atoms with E-state index in [-0.39, 0.29) is 0 Å². The number of anilines is 3. The molecule has 3 aliphatic rings. The number of aromatic nitrogens is 2. The first-order valence-corrected chi connectivity index (χ1v) is 15.8. The van der Waals surface area contributed by atoms with Crippen LogP contribution >= 0.6 is 23.4 Å². The zero-order chi connectivity index (χ0) is 27.6. The summed E-state index contributed by atoms with van der Waals surface area (Å²) >= 11 is 6.70. The van der Waals surface area contributed by atoms with Gasteiger partial charge in [0, 0.05) is 60.0 Å². The zero-order valence-corrected chi connectivity index (χ0v) is 24.9. The molecule has 3 aliphatic heterocycles. The second-order valence-electron chi connectivity index (χ2n) is 10.8. The number of hydrogen-bond donors (Lipinski definition) is 2. The van der Waals surface area contributed by atoms with Crippen molar-refractivity contribution < 1.29 is 14.1 Å². The Hall–Kier alpha value is -2.34. The molecular formula is C27H35ClN6O3S2. The van der Waals surface area contributed by atoms with Gasteiger partial charge in [-0.3, -0.25) is 0 Å². The Morgan fingerprint density at radius 2 is 1.90 bits per heavy atom. The van der Waals surface area contributed by atoms with E-state index in [2.05, 4.69) is 38.6 Å². The molecule has 0 saturated carbocycles. The van der Waals surface area contributed by atoms with Gasteiger partial charge in [-0.2, -0.15) is 4.98 Å². The van der Waals surface area contributed by atoms with E-state index in [0.717, 1.165) is 58.8 Å². The third-order valence-electron chi connectivity index (χ3n) is 6.66. The number of nitrogens with zero attached hydrogens (tertiary/aromatic N) is 4. The Balaban J connectivity index is 1.17. The Morgan fingerprint density at radius 3 is 2.62 bits per heavy atom. The predicted molar refractivity (Wildman–Crippen MR) is 160 cm³/mol. The Labute approximate surface area is 242 Å². The number of piperazine rings is 1. The van der Waals surface area contributed by atoms with Gasteiger partial charge in [0.05, 0.1) is 6.54 Å². The van der Waals surface area contributed by atoms with Crippen LogP contribution in [0.5, 0.6) is 0 Å². The van der Waals surface area contributed by atoms with Crippen LogP contribution < -0.4 is 20.4 Å². The van der Waals surface area contributed by atoms with Gasteiger partial charge in [0.25, 0.3) is 0 Å². The molecule has 1 aromatic carbocycles. The van der Waals surface area contributed by atoms with Crippen LogP contribution in [0, 0.1) is 0 Å². The minimum atomic E-state index is -1.09. The van der Waals surface area contributed by atoms with Gasteiger partial charge in [0.15, 0.2) is 5.82 Å². The molecule has 5 rings (SSSR count). The molecule has 9 nitrogen and oxygen atoms in total. The molecular weight excluding hydrogens is 556 g/mol. The van der Waals surface area contributed by atoms with Crippen molar-refractivity contribution in [2.24, 2.45) is 0 Å². The van der Waals surface area contributed by atoms with Crippen LogP contribution in [-0.2, 0) is 22.3 Å². The molecule has 1 amide bonds. The molecule has 2 unspecified atom stereocenters.